The van der Waals surface area contributed by atoms with E-state index in [1.807, 2.05) is 0 Å². The van der Waals surface area contributed by atoms with E-state index in [0.717, 1.165) is 89.9 Å². The molecule has 0 heterocycles. The Bertz CT molecular complexity index is 1060. The molecule has 0 saturated carbocycles. The summed E-state index contributed by atoms with van der Waals surface area (Å²) in [6, 6.07) is -1.53. The molecule has 51 heavy (non-hydrogen) atoms. The molecule has 4 N–H and O–H groups in total. The zero-order valence-corrected chi connectivity index (χ0v) is 32.3. The Hall–Kier alpha value is -2.56. The van der Waals surface area contributed by atoms with Crippen LogP contribution >= 0.6 is 7.82 Å². The number of allylic oxidation sites excluding steroid dienone is 8. The van der Waals surface area contributed by atoms with Crippen LogP contribution in [0.15, 0.2) is 48.6 Å². The number of nitrogens with two attached hydrogens (primary N) is 1. The topological polar surface area (TPSA) is 172 Å². The summed E-state index contributed by atoms with van der Waals surface area (Å²) in [5.41, 5.74) is 5.31. The van der Waals surface area contributed by atoms with E-state index in [-0.39, 0.29) is 19.4 Å². The highest BCUT2D eigenvalue weighted by Crippen LogP contribution is 2.43. The van der Waals surface area contributed by atoms with Crippen molar-refractivity contribution in [2.75, 3.05) is 19.8 Å². The molecule has 0 aromatic rings. The SMILES string of the molecule is CC/C=C/C/C=C/C/C=C/CCCCCCCC(=O)O[C@H](COC(=O)CCCCCCC/C=C/CCCCC)COP(=O)(O)OC[C@H](N)C(=O)O. The fourth-order valence-electron chi connectivity index (χ4n) is 4.78. The third-order valence-electron chi connectivity index (χ3n) is 7.81. The van der Waals surface area contributed by atoms with Gasteiger partial charge in [0.2, 0.25) is 0 Å². The lowest BCUT2D eigenvalue weighted by molar-refractivity contribution is -0.161. The first-order valence-corrected chi connectivity index (χ1v) is 20.7. The number of phosphoric ester groups is 1. The predicted molar refractivity (Wildman–Crippen MR) is 203 cm³/mol. The van der Waals surface area contributed by atoms with Gasteiger partial charge in [-0.2, -0.15) is 0 Å². The van der Waals surface area contributed by atoms with E-state index in [1.54, 1.807) is 0 Å². The van der Waals surface area contributed by atoms with E-state index in [0.29, 0.717) is 12.8 Å². The first-order chi connectivity index (χ1) is 24.6. The minimum atomic E-state index is -4.72. The van der Waals surface area contributed by atoms with Crippen LogP contribution in [0.2, 0.25) is 0 Å². The molecule has 0 aliphatic carbocycles. The number of phosphoric acid groups is 1. The van der Waals surface area contributed by atoms with Crippen LogP contribution in [0, 0.1) is 0 Å². The highest BCUT2D eigenvalue weighted by molar-refractivity contribution is 7.47. The molecule has 1 unspecified atom stereocenters. The molecule has 12 heteroatoms. The number of hydrogen-bond acceptors (Lipinski definition) is 9. The number of hydrogen-bond donors (Lipinski definition) is 3. The molecule has 294 valence electrons. The number of esters is 2. The molecule has 0 radical (unpaired) electrons. The van der Waals surface area contributed by atoms with Crippen molar-refractivity contribution in [3.05, 3.63) is 48.6 Å². The molecule has 0 spiro atoms. The maximum atomic E-state index is 12.6. The first kappa shape index (κ1) is 48.4. The van der Waals surface area contributed by atoms with Gasteiger partial charge >= 0.3 is 25.7 Å². The van der Waals surface area contributed by atoms with Gasteiger partial charge in [-0.3, -0.25) is 23.4 Å². The van der Waals surface area contributed by atoms with Gasteiger partial charge in [0.25, 0.3) is 0 Å². The Labute approximate surface area is 307 Å². The van der Waals surface area contributed by atoms with Gasteiger partial charge < -0.3 is 25.2 Å². The second kappa shape index (κ2) is 34.5. The summed E-state index contributed by atoms with van der Waals surface area (Å²) < 4.78 is 32.5. The number of carbonyl (C=O) groups is 3. The van der Waals surface area contributed by atoms with E-state index in [2.05, 4.69) is 67.0 Å². The lowest BCUT2D eigenvalue weighted by Gasteiger charge is -2.20. The first-order valence-electron chi connectivity index (χ1n) is 19.2. The number of ether oxygens (including phenoxy) is 2. The second-order valence-corrected chi connectivity index (χ2v) is 14.1. The maximum absolute atomic E-state index is 12.6. The molecule has 3 atom stereocenters. The molecule has 0 fully saturated rings. The van der Waals surface area contributed by atoms with Crippen LogP contribution in [-0.2, 0) is 37.5 Å². The molecule has 0 rings (SSSR count). The fourth-order valence-corrected chi connectivity index (χ4v) is 5.56. The van der Waals surface area contributed by atoms with Gasteiger partial charge in [0.15, 0.2) is 6.10 Å². The Morgan fingerprint density at radius 2 is 1.10 bits per heavy atom. The van der Waals surface area contributed by atoms with Crippen molar-refractivity contribution in [2.24, 2.45) is 5.73 Å². The van der Waals surface area contributed by atoms with Crippen molar-refractivity contribution in [3.63, 3.8) is 0 Å². The van der Waals surface area contributed by atoms with Crippen LogP contribution in [0.25, 0.3) is 0 Å². The molecule has 0 saturated heterocycles. The highest BCUT2D eigenvalue weighted by Gasteiger charge is 2.28. The van der Waals surface area contributed by atoms with Gasteiger partial charge in [0.1, 0.15) is 12.6 Å². The van der Waals surface area contributed by atoms with Gasteiger partial charge in [-0.15, -0.1) is 0 Å². The van der Waals surface area contributed by atoms with E-state index < -0.39 is 51.1 Å². The number of carboxylic acids is 1. The fraction of sp³-hybridized carbons (Fsp3) is 0.718. The van der Waals surface area contributed by atoms with Gasteiger partial charge in [-0.05, 0) is 70.6 Å². The maximum Gasteiger partial charge on any atom is 0.472 e. The number of rotatable bonds is 35. The summed E-state index contributed by atoms with van der Waals surface area (Å²) in [5, 5.41) is 8.86. The summed E-state index contributed by atoms with van der Waals surface area (Å²) in [4.78, 5) is 45.7. The quantitative estimate of drug-likeness (QED) is 0.0244. The van der Waals surface area contributed by atoms with E-state index >= 15 is 0 Å². The van der Waals surface area contributed by atoms with Crippen molar-refractivity contribution in [1.82, 2.24) is 0 Å². The summed E-state index contributed by atoms with van der Waals surface area (Å²) >= 11 is 0. The Balaban J connectivity index is 4.49. The smallest absolute Gasteiger partial charge is 0.472 e. The number of carbonyl (C=O) groups excluding carboxylic acids is 2. The van der Waals surface area contributed by atoms with Crippen molar-refractivity contribution in [2.45, 2.75) is 161 Å². The molecule has 0 bridgehead atoms. The standard InChI is InChI=1S/C39H68NO10P/c1-3-5-7-9-11-13-15-17-18-19-21-23-25-27-29-31-38(42)50-35(33-48-51(45,46)49-34-36(40)39(43)44)32-47-37(41)30-28-26-24-22-20-16-14-12-10-8-6-4-2/h5,7,11-14,17-18,35-36H,3-4,6,8-10,15-16,19-34,40H2,1-2H3,(H,43,44)(H,45,46)/b7-5+,13-11+,14-12+,18-17+/t35-,36+/m1/s1. The minimum Gasteiger partial charge on any atom is -0.480 e. The monoisotopic (exact) mass is 741 g/mol. The lowest BCUT2D eigenvalue weighted by atomic mass is 10.1. The van der Waals surface area contributed by atoms with Gasteiger partial charge in [0.05, 0.1) is 13.2 Å². The van der Waals surface area contributed by atoms with E-state index in [4.69, 9.17) is 24.8 Å². The van der Waals surface area contributed by atoms with Crippen LogP contribution in [0.4, 0.5) is 0 Å². The normalized spacial score (nSPS) is 14.4. The largest absolute Gasteiger partial charge is 0.480 e. The van der Waals surface area contributed by atoms with Gasteiger partial charge in [0, 0.05) is 12.8 Å². The van der Waals surface area contributed by atoms with Crippen molar-refractivity contribution in [1.29, 1.82) is 0 Å². The second-order valence-electron chi connectivity index (χ2n) is 12.7. The molecule has 0 aliphatic heterocycles. The third kappa shape index (κ3) is 34.3. The van der Waals surface area contributed by atoms with Crippen molar-refractivity contribution in [3.8, 4) is 0 Å². The highest BCUT2D eigenvalue weighted by atomic mass is 31.2. The van der Waals surface area contributed by atoms with Crippen LogP contribution in [0.3, 0.4) is 0 Å². The summed E-state index contributed by atoms with van der Waals surface area (Å²) in [5.74, 6) is -2.42. The van der Waals surface area contributed by atoms with Gasteiger partial charge in [-0.25, -0.2) is 4.57 Å². The van der Waals surface area contributed by atoms with E-state index in [9.17, 15) is 23.8 Å². The Morgan fingerprint density at radius 1 is 0.627 bits per heavy atom. The molecular weight excluding hydrogens is 673 g/mol. The number of aliphatic carboxylic acids is 1. The number of carboxylic acid groups (broad SMARTS) is 1. The predicted octanol–water partition coefficient (Wildman–Crippen LogP) is 9.44. The van der Waals surface area contributed by atoms with E-state index in [1.165, 1.54) is 19.3 Å². The zero-order valence-electron chi connectivity index (χ0n) is 31.4. The molecule has 0 aromatic heterocycles. The van der Waals surface area contributed by atoms with Gasteiger partial charge in [-0.1, -0.05) is 114 Å². The molecule has 0 amide bonds. The molecule has 0 aliphatic rings. The average Bonchev–Trinajstić information content (AvgIpc) is 3.10. The molecule has 0 aromatic carbocycles. The third-order valence-corrected chi connectivity index (χ3v) is 8.76. The average molecular weight is 742 g/mol. The molecule has 11 nitrogen and oxygen atoms in total. The summed E-state index contributed by atoms with van der Waals surface area (Å²) in [7, 11) is -4.72. The van der Waals surface area contributed by atoms with Crippen molar-refractivity contribution >= 4 is 25.7 Å². The number of unbranched alkanes of at least 4 members (excludes halogenated alkanes) is 13. The van der Waals surface area contributed by atoms with Crippen LogP contribution in [0.1, 0.15) is 149 Å². The zero-order chi connectivity index (χ0) is 37.8. The van der Waals surface area contributed by atoms with Crippen LogP contribution in [-0.4, -0.2) is 59.9 Å². The Morgan fingerprint density at radius 3 is 1.67 bits per heavy atom. The summed E-state index contributed by atoms with van der Waals surface area (Å²) in [6.07, 6.45) is 36.1. The van der Waals surface area contributed by atoms with Crippen molar-refractivity contribution < 1.29 is 47.5 Å². The summed E-state index contributed by atoms with van der Waals surface area (Å²) in [6.45, 7) is 2.61. The molecular formula is C39H68NO10P. The van der Waals surface area contributed by atoms with Crippen LogP contribution < -0.4 is 5.73 Å². The minimum absolute atomic E-state index is 0.138. The Kier molecular flexibility index (Phi) is 32.8. The van der Waals surface area contributed by atoms with Crippen LogP contribution in [0.5, 0.6) is 0 Å². The lowest BCUT2D eigenvalue weighted by Crippen LogP contribution is -2.34.